The minimum absolute atomic E-state index is 0.906. The first kappa shape index (κ1) is 20.7. The fraction of sp³-hybridized carbons (Fsp3) is 0. The Hall–Kier alpha value is -5.28. The van der Waals surface area contributed by atoms with Crippen molar-refractivity contribution in [1.29, 1.82) is 0 Å². The topological polar surface area (TPSA) is 23.0 Å². The zero-order chi connectivity index (χ0) is 25.5. The highest BCUT2D eigenvalue weighted by molar-refractivity contribution is 6.29. The minimum atomic E-state index is 0.906. The molecule has 0 atom stereocenters. The molecule has 0 saturated heterocycles. The molecule has 0 spiro atoms. The molecule has 3 heterocycles. The van der Waals surface area contributed by atoms with Crippen LogP contribution in [0.2, 0.25) is 0 Å². The number of fused-ring (bicyclic) bond motifs is 11. The SMILES string of the molecule is c1ccc(-n2c3ccccc3c3ccc4c5ccc6oc7ccccc7c6c5n(-c5ccccc5)c4c32)cc1. The second-order valence-corrected chi connectivity index (χ2v) is 10.2. The first-order valence-corrected chi connectivity index (χ1v) is 13.3. The molecule has 0 unspecified atom stereocenters. The summed E-state index contributed by atoms with van der Waals surface area (Å²) in [6, 6.07) is 47.5. The van der Waals surface area contributed by atoms with E-state index in [-0.39, 0.29) is 0 Å². The summed E-state index contributed by atoms with van der Waals surface area (Å²) in [7, 11) is 0. The number of para-hydroxylation sites is 4. The molecule has 0 fully saturated rings. The Morgan fingerprint density at radius 3 is 1.67 bits per heavy atom. The molecule has 0 bridgehead atoms. The van der Waals surface area contributed by atoms with Crippen molar-refractivity contribution in [1.82, 2.24) is 9.13 Å². The smallest absolute Gasteiger partial charge is 0.137 e. The van der Waals surface area contributed by atoms with Crippen molar-refractivity contribution in [2.45, 2.75) is 0 Å². The average molecular weight is 499 g/mol. The minimum Gasteiger partial charge on any atom is -0.456 e. The van der Waals surface area contributed by atoms with Crippen LogP contribution in [0.4, 0.5) is 0 Å². The van der Waals surface area contributed by atoms with E-state index in [2.05, 4.69) is 137 Å². The number of aromatic nitrogens is 2. The molecule has 9 rings (SSSR count). The van der Waals surface area contributed by atoms with Gasteiger partial charge in [0, 0.05) is 38.3 Å². The van der Waals surface area contributed by atoms with Crippen LogP contribution >= 0.6 is 0 Å². The highest BCUT2D eigenvalue weighted by Crippen LogP contribution is 2.45. The van der Waals surface area contributed by atoms with Crippen LogP contribution in [0.15, 0.2) is 138 Å². The lowest BCUT2D eigenvalue weighted by Gasteiger charge is -2.12. The third kappa shape index (κ3) is 2.71. The molecule has 0 N–H and O–H groups in total. The van der Waals surface area contributed by atoms with Crippen LogP contribution in [-0.4, -0.2) is 9.13 Å². The number of hydrogen-bond donors (Lipinski definition) is 0. The Labute approximate surface area is 223 Å². The summed E-state index contributed by atoms with van der Waals surface area (Å²) in [5.41, 5.74) is 8.89. The van der Waals surface area contributed by atoms with Crippen molar-refractivity contribution < 1.29 is 4.42 Å². The summed E-state index contributed by atoms with van der Waals surface area (Å²) >= 11 is 0. The lowest BCUT2D eigenvalue weighted by molar-refractivity contribution is 0.669. The number of benzene rings is 6. The molecule has 3 aromatic heterocycles. The van der Waals surface area contributed by atoms with Gasteiger partial charge in [-0.15, -0.1) is 0 Å². The van der Waals surface area contributed by atoms with Gasteiger partial charge in [-0.2, -0.15) is 0 Å². The molecule has 3 nitrogen and oxygen atoms in total. The number of furan rings is 1. The summed E-state index contributed by atoms with van der Waals surface area (Å²) in [6.07, 6.45) is 0. The van der Waals surface area contributed by atoms with Gasteiger partial charge in [0.2, 0.25) is 0 Å². The van der Waals surface area contributed by atoms with Crippen LogP contribution in [0.5, 0.6) is 0 Å². The van der Waals surface area contributed by atoms with E-state index in [4.69, 9.17) is 4.42 Å². The zero-order valence-electron chi connectivity index (χ0n) is 21.0. The molecule has 3 heteroatoms. The van der Waals surface area contributed by atoms with E-state index in [0.717, 1.165) is 33.3 Å². The molecule has 0 aliphatic rings. The third-order valence-corrected chi connectivity index (χ3v) is 8.09. The van der Waals surface area contributed by atoms with Crippen LogP contribution in [0, 0.1) is 0 Å². The number of rotatable bonds is 2. The summed E-state index contributed by atoms with van der Waals surface area (Å²) in [5, 5.41) is 7.24. The molecule has 0 saturated carbocycles. The highest BCUT2D eigenvalue weighted by Gasteiger charge is 2.23. The van der Waals surface area contributed by atoms with E-state index in [9.17, 15) is 0 Å². The molecule has 0 radical (unpaired) electrons. The Balaban J connectivity index is 1.62. The van der Waals surface area contributed by atoms with Gasteiger partial charge in [-0.1, -0.05) is 84.9 Å². The summed E-state index contributed by atoms with van der Waals surface area (Å²) in [4.78, 5) is 0. The van der Waals surface area contributed by atoms with Crippen molar-refractivity contribution in [2.75, 3.05) is 0 Å². The third-order valence-electron chi connectivity index (χ3n) is 8.09. The standard InChI is InChI=1S/C36H22N2O/c1-3-11-23(12-4-1)37-30-17-9-7-15-25(30)26-19-20-28-27-21-22-32-33(29-16-8-10-18-31(29)39-32)34(27)38(36(28)35(26)37)24-13-5-2-6-14-24/h1-22H. The molecule has 0 amide bonds. The molecular weight excluding hydrogens is 476 g/mol. The Morgan fingerprint density at radius 2 is 0.897 bits per heavy atom. The van der Waals surface area contributed by atoms with Gasteiger partial charge in [0.25, 0.3) is 0 Å². The maximum atomic E-state index is 6.36. The van der Waals surface area contributed by atoms with Gasteiger partial charge in [-0.3, -0.25) is 0 Å². The van der Waals surface area contributed by atoms with E-state index in [0.29, 0.717) is 0 Å². The predicted octanol–water partition coefficient (Wildman–Crippen LogP) is 9.78. The average Bonchev–Trinajstić information content (AvgIpc) is 3.65. The van der Waals surface area contributed by atoms with Crippen LogP contribution < -0.4 is 0 Å². The quantitative estimate of drug-likeness (QED) is 0.233. The summed E-state index contributed by atoms with van der Waals surface area (Å²) in [5.74, 6) is 0. The Morgan fingerprint density at radius 1 is 0.359 bits per heavy atom. The van der Waals surface area contributed by atoms with E-state index in [1.54, 1.807) is 0 Å². The van der Waals surface area contributed by atoms with Gasteiger partial charge >= 0.3 is 0 Å². The second kappa shape index (κ2) is 7.62. The van der Waals surface area contributed by atoms with E-state index in [1.807, 2.05) is 6.07 Å². The second-order valence-electron chi connectivity index (χ2n) is 10.2. The van der Waals surface area contributed by atoms with E-state index >= 15 is 0 Å². The monoisotopic (exact) mass is 498 g/mol. The fourth-order valence-electron chi connectivity index (χ4n) is 6.52. The molecular formula is C36H22N2O. The Kier molecular flexibility index (Phi) is 4.05. The van der Waals surface area contributed by atoms with Crippen LogP contribution in [0.25, 0.3) is 76.9 Å². The van der Waals surface area contributed by atoms with Gasteiger partial charge in [0.05, 0.1) is 27.5 Å². The molecule has 182 valence electrons. The number of hydrogen-bond acceptors (Lipinski definition) is 1. The first-order valence-electron chi connectivity index (χ1n) is 13.3. The van der Waals surface area contributed by atoms with Crippen LogP contribution in [0.3, 0.4) is 0 Å². The fourth-order valence-corrected chi connectivity index (χ4v) is 6.52. The summed E-state index contributed by atoms with van der Waals surface area (Å²) < 4.78 is 11.2. The van der Waals surface area contributed by atoms with Gasteiger partial charge < -0.3 is 13.6 Å². The normalized spacial score (nSPS) is 12.1. The first-order chi connectivity index (χ1) is 19.4. The van der Waals surface area contributed by atoms with Gasteiger partial charge in [0.1, 0.15) is 11.2 Å². The van der Waals surface area contributed by atoms with Crippen LogP contribution in [-0.2, 0) is 0 Å². The molecule has 39 heavy (non-hydrogen) atoms. The largest absolute Gasteiger partial charge is 0.456 e. The lowest BCUT2D eigenvalue weighted by Crippen LogP contribution is -1.98. The van der Waals surface area contributed by atoms with Crippen molar-refractivity contribution in [3.63, 3.8) is 0 Å². The zero-order valence-corrected chi connectivity index (χ0v) is 21.0. The van der Waals surface area contributed by atoms with Gasteiger partial charge in [0.15, 0.2) is 0 Å². The van der Waals surface area contributed by atoms with E-state index in [1.165, 1.54) is 43.6 Å². The van der Waals surface area contributed by atoms with E-state index < -0.39 is 0 Å². The molecule has 0 aliphatic heterocycles. The number of nitrogens with zero attached hydrogens (tertiary/aromatic N) is 2. The maximum absolute atomic E-state index is 6.36. The van der Waals surface area contributed by atoms with Crippen LogP contribution in [0.1, 0.15) is 0 Å². The molecule has 0 aliphatic carbocycles. The van der Waals surface area contributed by atoms with Crippen molar-refractivity contribution >= 4 is 65.6 Å². The van der Waals surface area contributed by atoms with Gasteiger partial charge in [-0.25, -0.2) is 0 Å². The summed E-state index contributed by atoms with van der Waals surface area (Å²) in [6.45, 7) is 0. The van der Waals surface area contributed by atoms with Crippen molar-refractivity contribution in [3.8, 4) is 11.4 Å². The lowest BCUT2D eigenvalue weighted by atomic mass is 10.1. The maximum Gasteiger partial charge on any atom is 0.137 e. The molecule has 6 aromatic carbocycles. The van der Waals surface area contributed by atoms with Crippen molar-refractivity contribution in [3.05, 3.63) is 133 Å². The highest BCUT2D eigenvalue weighted by atomic mass is 16.3. The Bertz CT molecular complexity index is 2370. The van der Waals surface area contributed by atoms with Gasteiger partial charge in [-0.05, 0) is 48.5 Å². The van der Waals surface area contributed by atoms with Crippen molar-refractivity contribution in [2.24, 2.45) is 0 Å². The molecule has 9 aromatic rings. The predicted molar refractivity (Wildman–Crippen MR) is 162 cm³/mol.